The van der Waals surface area contributed by atoms with E-state index in [0.717, 1.165) is 31.6 Å². The molecule has 1 saturated carbocycles. The van der Waals surface area contributed by atoms with Gasteiger partial charge in [0, 0.05) is 47.2 Å². The Kier molecular flexibility index (Phi) is 4.61. The summed E-state index contributed by atoms with van der Waals surface area (Å²) >= 11 is 0. The molecule has 2 atom stereocenters. The van der Waals surface area contributed by atoms with Crippen molar-refractivity contribution in [3.63, 3.8) is 0 Å². The third kappa shape index (κ3) is 4.01. The van der Waals surface area contributed by atoms with Gasteiger partial charge < -0.3 is 20.3 Å². The van der Waals surface area contributed by atoms with E-state index in [4.69, 9.17) is 8.85 Å². The summed E-state index contributed by atoms with van der Waals surface area (Å²) in [5.41, 5.74) is 2.43. The van der Waals surface area contributed by atoms with Gasteiger partial charge in [-0.25, -0.2) is 14.5 Å². The van der Waals surface area contributed by atoms with Gasteiger partial charge in [-0.2, -0.15) is 0 Å². The van der Waals surface area contributed by atoms with Crippen LogP contribution in [0.25, 0.3) is 27.9 Å². The Morgan fingerprint density at radius 2 is 2.17 bits per heavy atom. The van der Waals surface area contributed by atoms with Crippen LogP contribution in [0.1, 0.15) is 23.9 Å². The summed E-state index contributed by atoms with van der Waals surface area (Å²) in [7, 11) is 0. The van der Waals surface area contributed by atoms with Gasteiger partial charge in [-0.05, 0) is 30.5 Å². The molecule has 1 aliphatic heterocycles. The molecule has 4 aromatic heterocycles. The molecule has 0 radical (unpaired) electrons. The number of hydrogen-bond donors (Lipinski definition) is 2. The van der Waals surface area contributed by atoms with E-state index in [1.165, 1.54) is 6.20 Å². The van der Waals surface area contributed by atoms with E-state index in [0.29, 0.717) is 41.6 Å². The van der Waals surface area contributed by atoms with Crippen molar-refractivity contribution in [2.75, 3.05) is 48.8 Å². The van der Waals surface area contributed by atoms with Gasteiger partial charge in [0.05, 0.1) is 25.1 Å². The molecule has 180 valence electrons. The number of rotatable bonds is 6. The Morgan fingerprint density at radius 3 is 2.97 bits per heavy atom. The van der Waals surface area contributed by atoms with E-state index in [1.807, 2.05) is 18.3 Å². The van der Waals surface area contributed by atoms with Crippen molar-refractivity contribution in [3.05, 3.63) is 30.6 Å². The first-order chi connectivity index (χ1) is 18.3. The van der Waals surface area contributed by atoms with Crippen LogP contribution in [0.15, 0.2) is 30.6 Å². The van der Waals surface area contributed by atoms with Crippen LogP contribution >= 0.6 is 0 Å². The molecule has 2 N–H and O–H groups in total. The van der Waals surface area contributed by atoms with Crippen LogP contribution in [-0.4, -0.2) is 69.0 Å². The zero-order valence-electron chi connectivity index (χ0n) is 22.2. The maximum atomic E-state index is 12.7. The summed E-state index contributed by atoms with van der Waals surface area (Å²) in [6, 6.07) is 5.56. The molecule has 0 spiro atoms. The highest BCUT2D eigenvalue weighted by atomic mass is 16.5. The maximum Gasteiger partial charge on any atom is 0.228 e. The van der Waals surface area contributed by atoms with E-state index in [2.05, 4.69) is 47.7 Å². The smallest absolute Gasteiger partial charge is 0.228 e. The molecule has 0 bridgehead atoms. The standard InChI is InChI=1S/C24H27N9O2/c1-3-14-10-16(14)24(34)27-19-11-17-18(12-26-23(25-2)21(17)30-29-19)22-28-20-5-4-15(13-33(20)31-22)32-6-8-35-9-7-32/h4-5,11-14,16H,3,6-10H2,1-2H3,(H,25,26)(H,27,29,34)/i2D3. The van der Waals surface area contributed by atoms with Gasteiger partial charge in [-0.15, -0.1) is 15.3 Å². The van der Waals surface area contributed by atoms with Crippen LogP contribution in [-0.2, 0) is 9.53 Å². The number of hydrogen-bond acceptors (Lipinski definition) is 9. The lowest BCUT2D eigenvalue weighted by Gasteiger charge is -2.28. The van der Waals surface area contributed by atoms with E-state index >= 15 is 0 Å². The lowest BCUT2D eigenvalue weighted by molar-refractivity contribution is -0.117. The fourth-order valence-corrected chi connectivity index (χ4v) is 4.60. The fraction of sp³-hybridized carbons (Fsp3) is 0.417. The summed E-state index contributed by atoms with van der Waals surface area (Å²) in [6.07, 6.45) is 5.24. The summed E-state index contributed by atoms with van der Waals surface area (Å²) in [5, 5.41) is 18.8. The van der Waals surface area contributed by atoms with Crippen molar-refractivity contribution in [3.8, 4) is 11.4 Å². The van der Waals surface area contributed by atoms with Gasteiger partial charge in [0.25, 0.3) is 0 Å². The van der Waals surface area contributed by atoms with Crippen LogP contribution in [0, 0.1) is 11.8 Å². The zero-order chi connectivity index (χ0) is 26.4. The lowest BCUT2D eigenvalue weighted by Crippen LogP contribution is -2.36. The predicted octanol–water partition coefficient (Wildman–Crippen LogP) is 2.60. The van der Waals surface area contributed by atoms with Crippen molar-refractivity contribution >= 4 is 39.8 Å². The van der Waals surface area contributed by atoms with Gasteiger partial charge in [-0.3, -0.25) is 4.79 Å². The number of fused-ring (bicyclic) bond motifs is 2. The molecule has 11 heteroatoms. The molecular weight excluding hydrogens is 446 g/mol. The number of pyridine rings is 2. The molecule has 5 heterocycles. The normalized spacial score (nSPS) is 21.4. The van der Waals surface area contributed by atoms with E-state index in [1.54, 1.807) is 10.6 Å². The number of aromatic nitrogens is 6. The minimum atomic E-state index is -2.48. The van der Waals surface area contributed by atoms with Crippen molar-refractivity contribution < 1.29 is 13.6 Å². The quantitative estimate of drug-likeness (QED) is 0.432. The highest BCUT2D eigenvalue weighted by molar-refractivity contribution is 6.01. The summed E-state index contributed by atoms with van der Waals surface area (Å²) in [4.78, 5) is 23.9. The largest absolute Gasteiger partial charge is 0.378 e. The van der Waals surface area contributed by atoms with Gasteiger partial charge in [0.1, 0.15) is 5.52 Å². The number of nitrogens with zero attached hydrogens (tertiary/aromatic N) is 7. The van der Waals surface area contributed by atoms with E-state index < -0.39 is 6.98 Å². The predicted molar refractivity (Wildman–Crippen MR) is 132 cm³/mol. The first-order valence-electron chi connectivity index (χ1n) is 13.2. The maximum absolute atomic E-state index is 12.7. The van der Waals surface area contributed by atoms with Crippen LogP contribution < -0.4 is 15.5 Å². The molecule has 2 aliphatic rings. The number of ether oxygens (including phenoxy) is 1. The minimum absolute atomic E-state index is 0.0250. The number of carbonyl (C=O) groups excluding carboxylic acids is 1. The van der Waals surface area contributed by atoms with Crippen LogP contribution in [0.3, 0.4) is 0 Å². The number of anilines is 3. The second-order valence-corrected chi connectivity index (χ2v) is 8.86. The molecule has 35 heavy (non-hydrogen) atoms. The molecule has 2 unspecified atom stereocenters. The summed E-state index contributed by atoms with van der Waals surface area (Å²) in [5.74, 6) is 0.991. The summed E-state index contributed by atoms with van der Waals surface area (Å²) < 4.78 is 30.0. The van der Waals surface area contributed by atoms with E-state index in [9.17, 15) is 4.79 Å². The molecule has 6 rings (SSSR count). The van der Waals surface area contributed by atoms with Gasteiger partial charge in [0.2, 0.25) is 5.91 Å². The molecule has 4 aromatic rings. The SMILES string of the molecule is [2H]C([2H])([2H])Nc1ncc(-c2nc3ccc(N4CCOCC4)cn3n2)c2cc(NC(=O)C3CC3CC)nnc12. The molecule has 2 fully saturated rings. The Morgan fingerprint density at radius 1 is 1.29 bits per heavy atom. The first-order valence-corrected chi connectivity index (χ1v) is 11.7. The third-order valence-corrected chi connectivity index (χ3v) is 6.72. The topological polar surface area (TPSA) is 122 Å². The van der Waals surface area contributed by atoms with Crippen molar-refractivity contribution in [2.24, 2.45) is 11.8 Å². The first kappa shape index (κ1) is 18.5. The highest BCUT2D eigenvalue weighted by Crippen LogP contribution is 2.41. The minimum Gasteiger partial charge on any atom is -0.378 e. The number of nitrogens with one attached hydrogen (secondary N) is 2. The second-order valence-electron chi connectivity index (χ2n) is 8.86. The van der Waals surface area contributed by atoms with Crippen LogP contribution in [0.4, 0.5) is 17.3 Å². The Hall–Kier alpha value is -3.86. The van der Waals surface area contributed by atoms with Gasteiger partial charge >= 0.3 is 0 Å². The lowest BCUT2D eigenvalue weighted by atomic mass is 10.1. The molecule has 1 saturated heterocycles. The zero-order valence-corrected chi connectivity index (χ0v) is 19.2. The third-order valence-electron chi connectivity index (χ3n) is 6.72. The van der Waals surface area contributed by atoms with Crippen LogP contribution in [0.2, 0.25) is 0 Å². The average molecular weight is 477 g/mol. The van der Waals surface area contributed by atoms with Crippen molar-refractivity contribution in [1.82, 2.24) is 29.8 Å². The van der Waals surface area contributed by atoms with Gasteiger partial charge in [-0.1, -0.05) is 13.3 Å². The Balaban J connectivity index is 1.40. The number of morpholine rings is 1. The number of amides is 1. The fourth-order valence-electron chi connectivity index (χ4n) is 4.60. The number of carbonyl (C=O) groups is 1. The molecule has 1 aliphatic carbocycles. The van der Waals surface area contributed by atoms with Crippen molar-refractivity contribution in [1.29, 1.82) is 0 Å². The Labute approximate surface area is 206 Å². The molecular formula is C24H27N9O2. The van der Waals surface area contributed by atoms with Gasteiger partial charge in [0.15, 0.2) is 23.1 Å². The van der Waals surface area contributed by atoms with Crippen LogP contribution in [0.5, 0.6) is 0 Å². The van der Waals surface area contributed by atoms with Crippen molar-refractivity contribution in [2.45, 2.75) is 19.8 Å². The van der Waals surface area contributed by atoms with E-state index in [-0.39, 0.29) is 29.0 Å². The average Bonchev–Trinajstić information content (AvgIpc) is 3.58. The molecule has 0 aromatic carbocycles. The Bertz CT molecular complexity index is 1520. The monoisotopic (exact) mass is 476 g/mol. The summed E-state index contributed by atoms with van der Waals surface area (Å²) in [6.45, 7) is 2.54. The highest BCUT2D eigenvalue weighted by Gasteiger charge is 2.41. The second kappa shape index (κ2) is 8.73. The molecule has 1 amide bonds. The molecule has 11 nitrogen and oxygen atoms in total.